The number of ether oxygens (including phenoxy) is 1. The molecule has 0 bridgehead atoms. The SMILES string of the molecule is CCSCc1cc(=O)[nH]c(SCC(=O)Nc2cc(C)ccc2OC)n1. The number of nitrogens with one attached hydrogen (secondary N) is 2. The Morgan fingerprint density at radius 3 is 2.88 bits per heavy atom. The number of H-pyrrole nitrogens is 1. The summed E-state index contributed by atoms with van der Waals surface area (Å²) in [6.45, 7) is 4.00. The third kappa shape index (κ3) is 6.13. The fourth-order valence-electron chi connectivity index (χ4n) is 2.07. The van der Waals surface area contributed by atoms with E-state index in [-0.39, 0.29) is 17.2 Å². The van der Waals surface area contributed by atoms with E-state index in [0.717, 1.165) is 17.0 Å². The summed E-state index contributed by atoms with van der Waals surface area (Å²) in [4.78, 5) is 30.9. The van der Waals surface area contributed by atoms with Gasteiger partial charge in [-0.2, -0.15) is 11.8 Å². The summed E-state index contributed by atoms with van der Waals surface area (Å²) in [5.74, 6) is 2.20. The van der Waals surface area contributed by atoms with Gasteiger partial charge >= 0.3 is 0 Å². The molecule has 0 saturated heterocycles. The minimum absolute atomic E-state index is 0.143. The van der Waals surface area contributed by atoms with Gasteiger partial charge in [-0.05, 0) is 30.4 Å². The van der Waals surface area contributed by atoms with Crippen LogP contribution in [0, 0.1) is 6.92 Å². The minimum atomic E-state index is -0.204. The van der Waals surface area contributed by atoms with E-state index in [4.69, 9.17) is 4.74 Å². The van der Waals surface area contributed by atoms with Gasteiger partial charge in [0.1, 0.15) is 5.75 Å². The van der Waals surface area contributed by atoms with Crippen LogP contribution in [0.4, 0.5) is 5.69 Å². The Labute approximate surface area is 155 Å². The highest BCUT2D eigenvalue weighted by atomic mass is 32.2. The minimum Gasteiger partial charge on any atom is -0.495 e. The van der Waals surface area contributed by atoms with Crippen LogP contribution in [0.1, 0.15) is 18.2 Å². The van der Waals surface area contributed by atoms with Crippen molar-refractivity contribution in [1.29, 1.82) is 0 Å². The van der Waals surface area contributed by atoms with Crippen LogP contribution in [0.15, 0.2) is 34.2 Å². The van der Waals surface area contributed by atoms with E-state index in [9.17, 15) is 9.59 Å². The zero-order chi connectivity index (χ0) is 18.2. The topological polar surface area (TPSA) is 84.1 Å². The molecule has 0 fully saturated rings. The molecule has 0 spiro atoms. The number of methoxy groups -OCH3 is 1. The Morgan fingerprint density at radius 1 is 1.36 bits per heavy atom. The molecule has 134 valence electrons. The summed E-state index contributed by atoms with van der Waals surface area (Å²) in [5.41, 5.74) is 2.17. The third-order valence-electron chi connectivity index (χ3n) is 3.20. The van der Waals surface area contributed by atoms with Gasteiger partial charge in [-0.15, -0.1) is 0 Å². The van der Waals surface area contributed by atoms with Gasteiger partial charge < -0.3 is 15.0 Å². The van der Waals surface area contributed by atoms with Crippen molar-refractivity contribution in [3.8, 4) is 5.75 Å². The van der Waals surface area contributed by atoms with Gasteiger partial charge in [0.15, 0.2) is 5.16 Å². The first-order valence-corrected chi connectivity index (χ1v) is 9.91. The molecule has 0 aliphatic carbocycles. The van der Waals surface area contributed by atoms with Gasteiger partial charge in [-0.1, -0.05) is 24.8 Å². The van der Waals surface area contributed by atoms with Crippen molar-refractivity contribution < 1.29 is 9.53 Å². The molecule has 1 amide bonds. The second-order valence-electron chi connectivity index (χ2n) is 5.22. The number of amides is 1. The van der Waals surface area contributed by atoms with Gasteiger partial charge in [-0.25, -0.2) is 4.98 Å². The number of carbonyl (C=O) groups is 1. The molecule has 0 radical (unpaired) electrons. The molecule has 0 atom stereocenters. The highest BCUT2D eigenvalue weighted by Crippen LogP contribution is 2.25. The molecule has 2 rings (SSSR count). The monoisotopic (exact) mass is 379 g/mol. The fourth-order valence-corrected chi connectivity index (χ4v) is 3.33. The van der Waals surface area contributed by atoms with E-state index < -0.39 is 0 Å². The van der Waals surface area contributed by atoms with Crippen LogP contribution in [0.2, 0.25) is 0 Å². The van der Waals surface area contributed by atoms with Crippen LogP contribution in [-0.2, 0) is 10.5 Å². The van der Waals surface area contributed by atoms with Crippen LogP contribution >= 0.6 is 23.5 Å². The number of rotatable bonds is 8. The Kier molecular flexibility index (Phi) is 7.39. The summed E-state index contributed by atoms with van der Waals surface area (Å²) in [6, 6.07) is 7.07. The highest BCUT2D eigenvalue weighted by Gasteiger charge is 2.10. The van der Waals surface area contributed by atoms with Crippen molar-refractivity contribution in [3.63, 3.8) is 0 Å². The van der Waals surface area contributed by atoms with Gasteiger partial charge in [0.05, 0.1) is 24.2 Å². The number of aryl methyl sites for hydroxylation is 1. The van der Waals surface area contributed by atoms with Crippen molar-refractivity contribution in [3.05, 3.63) is 45.9 Å². The molecule has 1 aromatic carbocycles. The molecule has 25 heavy (non-hydrogen) atoms. The lowest BCUT2D eigenvalue weighted by Crippen LogP contribution is -2.16. The molecule has 0 saturated carbocycles. The first kappa shape index (κ1) is 19.4. The number of nitrogens with zero attached hydrogens (tertiary/aromatic N) is 1. The second-order valence-corrected chi connectivity index (χ2v) is 7.46. The molecule has 8 heteroatoms. The molecule has 6 nitrogen and oxygen atoms in total. The quantitative estimate of drug-likeness (QED) is 0.542. The molecule has 2 aromatic rings. The maximum absolute atomic E-state index is 12.2. The number of benzene rings is 1. The molecule has 0 aliphatic heterocycles. The number of aromatic nitrogens is 2. The summed E-state index contributed by atoms with van der Waals surface area (Å²) in [6.07, 6.45) is 0. The van der Waals surface area contributed by atoms with Crippen molar-refractivity contribution in [2.24, 2.45) is 0 Å². The third-order valence-corrected chi connectivity index (χ3v) is 4.98. The lowest BCUT2D eigenvalue weighted by atomic mass is 10.2. The predicted molar refractivity (Wildman–Crippen MR) is 104 cm³/mol. The number of thioether (sulfide) groups is 2. The Morgan fingerprint density at radius 2 is 2.16 bits per heavy atom. The van der Waals surface area contributed by atoms with Gasteiger partial charge in [0.25, 0.3) is 5.56 Å². The maximum Gasteiger partial charge on any atom is 0.251 e. The average molecular weight is 380 g/mol. The number of carbonyl (C=O) groups excluding carboxylic acids is 1. The van der Waals surface area contributed by atoms with Crippen molar-refractivity contribution in [1.82, 2.24) is 9.97 Å². The largest absolute Gasteiger partial charge is 0.495 e. The van der Waals surface area contributed by atoms with E-state index in [0.29, 0.717) is 22.3 Å². The predicted octanol–water partition coefficient (Wildman–Crippen LogP) is 3.07. The second kappa shape index (κ2) is 9.53. The summed E-state index contributed by atoms with van der Waals surface area (Å²) in [7, 11) is 1.56. The molecular formula is C17H21N3O3S2. The molecule has 0 unspecified atom stereocenters. The molecule has 0 aliphatic rings. The lowest BCUT2D eigenvalue weighted by molar-refractivity contribution is -0.113. The Balaban J connectivity index is 1.99. The van der Waals surface area contributed by atoms with E-state index in [1.54, 1.807) is 18.9 Å². The van der Waals surface area contributed by atoms with Gasteiger partial charge in [0.2, 0.25) is 5.91 Å². The molecule has 1 heterocycles. The number of hydrogen-bond acceptors (Lipinski definition) is 6. The Bertz CT molecular complexity index is 793. The smallest absolute Gasteiger partial charge is 0.251 e. The van der Waals surface area contributed by atoms with Crippen molar-refractivity contribution in [2.45, 2.75) is 24.8 Å². The number of hydrogen-bond donors (Lipinski definition) is 2. The Hall–Kier alpha value is -1.93. The summed E-state index contributed by atoms with van der Waals surface area (Å²) < 4.78 is 5.25. The van der Waals surface area contributed by atoms with E-state index >= 15 is 0 Å². The van der Waals surface area contributed by atoms with Crippen LogP contribution in [0.3, 0.4) is 0 Å². The maximum atomic E-state index is 12.2. The lowest BCUT2D eigenvalue weighted by Gasteiger charge is -2.11. The normalized spacial score (nSPS) is 10.5. The van der Waals surface area contributed by atoms with Crippen molar-refractivity contribution in [2.75, 3.05) is 23.9 Å². The van der Waals surface area contributed by atoms with Crippen LogP contribution in [0.25, 0.3) is 0 Å². The average Bonchev–Trinajstić information content (AvgIpc) is 2.58. The highest BCUT2D eigenvalue weighted by molar-refractivity contribution is 7.99. The molecular weight excluding hydrogens is 358 g/mol. The van der Waals surface area contributed by atoms with Gasteiger partial charge in [0, 0.05) is 11.8 Å². The standard InChI is InChI=1S/C17H21N3O3S2/c1-4-24-9-12-8-15(21)20-17(18-12)25-10-16(22)19-13-7-11(2)5-6-14(13)23-3/h5-8H,4,9-10H2,1-3H3,(H,19,22)(H,18,20,21). The molecule has 2 N–H and O–H groups in total. The summed E-state index contributed by atoms with van der Waals surface area (Å²) in [5, 5.41) is 3.28. The number of aromatic amines is 1. The van der Waals surface area contributed by atoms with Crippen LogP contribution < -0.4 is 15.6 Å². The van der Waals surface area contributed by atoms with Crippen LogP contribution in [0.5, 0.6) is 5.75 Å². The first-order valence-electron chi connectivity index (χ1n) is 7.77. The van der Waals surface area contributed by atoms with Gasteiger partial charge in [-0.3, -0.25) is 9.59 Å². The van der Waals surface area contributed by atoms with E-state index in [2.05, 4.69) is 22.2 Å². The van der Waals surface area contributed by atoms with Crippen LogP contribution in [-0.4, -0.2) is 34.5 Å². The zero-order valence-electron chi connectivity index (χ0n) is 14.4. The van der Waals surface area contributed by atoms with E-state index in [1.165, 1.54) is 17.8 Å². The molecule has 1 aromatic heterocycles. The first-order chi connectivity index (χ1) is 12.0. The van der Waals surface area contributed by atoms with E-state index in [1.807, 2.05) is 25.1 Å². The van der Waals surface area contributed by atoms with Crippen molar-refractivity contribution >= 4 is 35.1 Å². The fraction of sp³-hybridized carbons (Fsp3) is 0.353. The summed E-state index contributed by atoms with van der Waals surface area (Å²) >= 11 is 2.89. The number of anilines is 1. The zero-order valence-corrected chi connectivity index (χ0v) is 16.1.